The zero-order valence-electron chi connectivity index (χ0n) is 12.6. The summed E-state index contributed by atoms with van der Waals surface area (Å²) in [7, 11) is 0. The van der Waals surface area contributed by atoms with Gasteiger partial charge in [-0.1, -0.05) is 19.9 Å². The van der Waals surface area contributed by atoms with E-state index in [0.717, 1.165) is 21.6 Å². The summed E-state index contributed by atoms with van der Waals surface area (Å²) in [6, 6.07) is 8.48. The molecule has 4 nitrogen and oxygen atoms in total. The molecule has 120 valence electrons. The number of ether oxygens (including phenoxy) is 2. The Balaban J connectivity index is 1.80. The standard InChI is InChI=1S/C17H15F2NO3/c1-9-10(2)16-12(4-3-7-20(16)21)15(9)11-5-6-13-14(8-11)23-17(18,19)22-13/h3-10,15H,1-2H3. The fourth-order valence-corrected chi connectivity index (χ4v) is 3.71. The van der Waals surface area contributed by atoms with Crippen LogP contribution in [0.5, 0.6) is 11.5 Å². The summed E-state index contributed by atoms with van der Waals surface area (Å²) in [6.45, 7) is 4.08. The minimum Gasteiger partial charge on any atom is -0.618 e. The highest BCUT2D eigenvalue weighted by molar-refractivity contribution is 5.50. The van der Waals surface area contributed by atoms with Crippen LogP contribution in [0.25, 0.3) is 0 Å². The number of pyridine rings is 1. The lowest BCUT2D eigenvalue weighted by molar-refractivity contribution is -0.615. The van der Waals surface area contributed by atoms with Crippen LogP contribution in [0.4, 0.5) is 8.78 Å². The molecule has 1 aromatic heterocycles. The summed E-state index contributed by atoms with van der Waals surface area (Å²) in [5.41, 5.74) is 2.52. The Kier molecular flexibility index (Phi) is 2.83. The molecule has 3 atom stereocenters. The number of rotatable bonds is 1. The summed E-state index contributed by atoms with van der Waals surface area (Å²) in [6.07, 6.45) is -2.13. The molecule has 6 heteroatoms. The van der Waals surface area contributed by atoms with Crippen LogP contribution in [0.15, 0.2) is 36.5 Å². The second-order valence-corrected chi connectivity index (χ2v) is 6.17. The molecule has 0 amide bonds. The van der Waals surface area contributed by atoms with Crippen molar-refractivity contribution >= 4 is 0 Å². The van der Waals surface area contributed by atoms with Gasteiger partial charge in [0.15, 0.2) is 23.4 Å². The van der Waals surface area contributed by atoms with E-state index in [1.807, 2.05) is 13.0 Å². The maximum Gasteiger partial charge on any atom is 0.586 e. The molecule has 0 N–H and O–H groups in total. The first-order valence-electron chi connectivity index (χ1n) is 7.49. The van der Waals surface area contributed by atoms with E-state index in [9.17, 15) is 14.0 Å². The molecule has 23 heavy (non-hydrogen) atoms. The highest BCUT2D eigenvalue weighted by Gasteiger charge is 2.45. The molecule has 0 saturated carbocycles. The quantitative estimate of drug-likeness (QED) is 0.597. The molecule has 0 saturated heterocycles. The summed E-state index contributed by atoms with van der Waals surface area (Å²) in [5.74, 6) is 0.287. The summed E-state index contributed by atoms with van der Waals surface area (Å²) < 4.78 is 36.3. The van der Waals surface area contributed by atoms with E-state index < -0.39 is 6.29 Å². The zero-order valence-corrected chi connectivity index (χ0v) is 12.6. The van der Waals surface area contributed by atoms with Crippen LogP contribution in [0.1, 0.15) is 42.5 Å². The van der Waals surface area contributed by atoms with Crippen LogP contribution in [-0.2, 0) is 0 Å². The van der Waals surface area contributed by atoms with Gasteiger partial charge in [-0.25, -0.2) is 0 Å². The Labute approximate surface area is 131 Å². The van der Waals surface area contributed by atoms with Crippen molar-refractivity contribution in [1.82, 2.24) is 0 Å². The first kappa shape index (κ1) is 14.2. The van der Waals surface area contributed by atoms with E-state index in [1.165, 1.54) is 12.3 Å². The minimum absolute atomic E-state index is 0.0321. The van der Waals surface area contributed by atoms with Gasteiger partial charge in [-0.15, -0.1) is 8.78 Å². The van der Waals surface area contributed by atoms with E-state index in [-0.39, 0.29) is 29.3 Å². The van der Waals surface area contributed by atoms with Crippen molar-refractivity contribution in [1.29, 1.82) is 0 Å². The van der Waals surface area contributed by atoms with Gasteiger partial charge >= 0.3 is 6.29 Å². The van der Waals surface area contributed by atoms with Crippen molar-refractivity contribution in [3.05, 3.63) is 58.6 Å². The number of hydrogen-bond donors (Lipinski definition) is 0. The number of hydrogen-bond acceptors (Lipinski definition) is 3. The maximum absolute atomic E-state index is 13.2. The van der Waals surface area contributed by atoms with Gasteiger partial charge in [-0.05, 0) is 29.7 Å². The summed E-state index contributed by atoms with van der Waals surface area (Å²) in [5, 5.41) is 12.1. The number of benzene rings is 1. The number of halogens is 2. The first-order chi connectivity index (χ1) is 10.9. The third-order valence-corrected chi connectivity index (χ3v) is 4.90. The molecule has 0 bridgehead atoms. The normalized spacial score (nSPS) is 27.0. The molecule has 4 rings (SSSR count). The topological polar surface area (TPSA) is 45.4 Å². The van der Waals surface area contributed by atoms with Crippen LogP contribution in [0, 0.1) is 11.1 Å². The largest absolute Gasteiger partial charge is 0.618 e. The third-order valence-electron chi connectivity index (χ3n) is 4.90. The summed E-state index contributed by atoms with van der Waals surface area (Å²) in [4.78, 5) is 0. The Hall–Kier alpha value is -2.37. The molecule has 0 spiro atoms. The molecule has 2 aliphatic rings. The van der Waals surface area contributed by atoms with Gasteiger partial charge in [-0.3, -0.25) is 0 Å². The van der Waals surface area contributed by atoms with Crippen molar-refractivity contribution in [2.45, 2.75) is 32.0 Å². The van der Waals surface area contributed by atoms with Gasteiger partial charge < -0.3 is 14.7 Å². The maximum atomic E-state index is 13.2. The smallest absolute Gasteiger partial charge is 0.586 e. The van der Waals surface area contributed by atoms with Crippen molar-refractivity contribution < 1.29 is 23.0 Å². The third kappa shape index (κ3) is 2.04. The molecule has 0 radical (unpaired) electrons. The van der Waals surface area contributed by atoms with Gasteiger partial charge in [0.25, 0.3) is 0 Å². The fourth-order valence-electron chi connectivity index (χ4n) is 3.71. The Morgan fingerprint density at radius 1 is 1.13 bits per heavy atom. The van der Waals surface area contributed by atoms with Gasteiger partial charge in [0.2, 0.25) is 0 Å². The van der Waals surface area contributed by atoms with E-state index in [1.54, 1.807) is 18.2 Å². The van der Waals surface area contributed by atoms with Crippen LogP contribution < -0.4 is 14.2 Å². The van der Waals surface area contributed by atoms with Crippen molar-refractivity contribution in [2.24, 2.45) is 5.92 Å². The van der Waals surface area contributed by atoms with Crippen LogP contribution in [0.2, 0.25) is 0 Å². The fraction of sp³-hybridized carbons (Fsp3) is 0.353. The van der Waals surface area contributed by atoms with E-state index in [4.69, 9.17) is 0 Å². The van der Waals surface area contributed by atoms with Crippen LogP contribution in [-0.4, -0.2) is 6.29 Å². The molecule has 0 fully saturated rings. The number of aromatic nitrogens is 1. The lowest BCUT2D eigenvalue weighted by atomic mass is 9.84. The van der Waals surface area contributed by atoms with Crippen molar-refractivity contribution in [3.8, 4) is 11.5 Å². The average Bonchev–Trinajstić information content (AvgIpc) is 2.92. The van der Waals surface area contributed by atoms with Gasteiger partial charge in [0.1, 0.15) is 0 Å². The summed E-state index contributed by atoms with van der Waals surface area (Å²) >= 11 is 0. The highest BCUT2D eigenvalue weighted by atomic mass is 19.3. The minimum atomic E-state index is -3.62. The predicted octanol–water partition coefficient (Wildman–Crippen LogP) is 3.53. The number of alkyl halides is 2. The van der Waals surface area contributed by atoms with Crippen LogP contribution in [0.3, 0.4) is 0 Å². The number of nitrogens with zero attached hydrogens (tertiary/aromatic N) is 1. The molecule has 1 aromatic carbocycles. The highest BCUT2D eigenvalue weighted by Crippen LogP contribution is 2.50. The Bertz CT molecular complexity index is 793. The monoisotopic (exact) mass is 319 g/mol. The average molecular weight is 319 g/mol. The van der Waals surface area contributed by atoms with Crippen LogP contribution >= 0.6 is 0 Å². The second kappa shape index (κ2) is 4.57. The zero-order chi connectivity index (χ0) is 16.4. The Morgan fingerprint density at radius 2 is 1.87 bits per heavy atom. The van der Waals surface area contributed by atoms with Crippen molar-refractivity contribution in [2.75, 3.05) is 0 Å². The molecule has 1 aliphatic carbocycles. The van der Waals surface area contributed by atoms with E-state index in [0.29, 0.717) is 0 Å². The molecule has 2 heterocycles. The van der Waals surface area contributed by atoms with Crippen molar-refractivity contribution in [3.63, 3.8) is 0 Å². The SMILES string of the molecule is CC1c2c(ccc[n+]2[O-])C(c2ccc3c(c2)OC(F)(F)O3)C1C. The number of fused-ring (bicyclic) bond motifs is 2. The molecule has 1 aliphatic heterocycles. The molecule has 2 aromatic rings. The molecular formula is C17H15F2NO3. The van der Waals surface area contributed by atoms with Gasteiger partial charge in [-0.2, -0.15) is 4.73 Å². The lowest BCUT2D eigenvalue weighted by Gasteiger charge is -2.18. The van der Waals surface area contributed by atoms with E-state index >= 15 is 0 Å². The second-order valence-electron chi connectivity index (χ2n) is 6.17. The predicted molar refractivity (Wildman–Crippen MR) is 77.5 cm³/mol. The lowest BCUT2D eigenvalue weighted by Crippen LogP contribution is -2.32. The van der Waals surface area contributed by atoms with E-state index in [2.05, 4.69) is 16.4 Å². The molecule has 3 unspecified atom stereocenters. The van der Waals surface area contributed by atoms with Gasteiger partial charge in [0, 0.05) is 23.5 Å². The Morgan fingerprint density at radius 3 is 2.65 bits per heavy atom. The van der Waals surface area contributed by atoms with Gasteiger partial charge in [0.05, 0.1) is 0 Å². The molecular weight excluding hydrogens is 304 g/mol. The first-order valence-corrected chi connectivity index (χ1v) is 7.49.